The second-order valence-electron chi connectivity index (χ2n) is 8.10. The largest absolute Gasteiger partial charge is 0.352 e. The molecule has 1 N–H and O–H groups in total. The van der Waals surface area contributed by atoms with Crippen LogP contribution >= 0.6 is 23.4 Å². The van der Waals surface area contributed by atoms with E-state index in [4.69, 9.17) is 11.6 Å². The lowest BCUT2D eigenvalue weighted by Gasteiger charge is -2.33. The molecule has 2 aliphatic heterocycles. The number of benzene rings is 2. The summed E-state index contributed by atoms with van der Waals surface area (Å²) in [5.41, 5.74) is 1.97. The third-order valence-corrected chi connectivity index (χ3v) is 7.77. The SMILES string of the molecule is O=C(CN1C(=O)[C@]2(SCC(=O)N2c2cccc(Cl)c2)c2ccccc21)NC1CCCC1. The molecule has 0 aromatic heterocycles. The van der Waals surface area contributed by atoms with Crippen molar-refractivity contribution < 1.29 is 14.4 Å². The summed E-state index contributed by atoms with van der Waals surface area (Å²) >= 11 is 7.48. The first kappa shape index (κ1) is 20.4. The molecule has 2 aromatic rings. The molecule has 2 aromatic carbocycles. The lowest BCUT2D eigenvalue weighted by atomic mass is 10.0. The van der Waals surface area contributed by atoms with Crippen molar-refractivity contribution in [3.63, 3.8) is 0 Å². The highest BCUT2D eigenvalue weighted by Gasteiger charge is 2.61. The van der Waals surface area contributed by atoms with Crippen LogP contribution in [0.25, 0.3) is 0 Å². The average molecular weight is 456 g/mol. The molecule has 2 heterocycles. The van der Waals surface area contributed by atoms with E-state index in [1.807, 2.05) is 24.3 Å². The summed E-state index contributed by atoms with van der Waals surface area (Å²) in [7, 11) is 0. The van der Waals surface area contributed by atoms with Crippen LogP contribution in [0.3, 0.4) is 0 Å². The maximum absolute atomic E-state index is 13.9. The highest BCUT2D eigenvalue weighted by Crippen LogP contribution is 2.55. The number of nitrogens with one attached hydrogen (secondary N) is 1. The summed E-state index contributed by atoms with van der Waals surface area (Å²) in [5.74, 6) is -0.427. The number of hydrogen-bond acceptors (Lipinski definition) is 4. The van der Waals surface area contributed by atoms with Gasteiger partial charge in [0.25, 0.3) is 5.91 Å². The zero-order valence-corrected chi connectivity index (χ0v) is 18.4. The first-order valence-electron chi connectivity index (χ1n) is 10.4. The van der Waals surface area contributed by atoms with E-state index in [-0.39, 0.29) is 36.1 Å². The van der Waals surface area contributed by atoms with E-state index in [1.165, 1.54) is 16.7 Å². The number of halogens is 1. The zero-order chi connectivity index (χ0) is 21.6. The Balaban J connectivity index is 1.52. The van der Waals surface area contributed by atoms with Gasteiger partial charge in [-0.25, -0.2) is 0 Å². The van der Waals surface area contributed by atoms with Crippen molar-refractivity contribution in [2.24, 2.45) is 0 Å². The number of hydrogen-bond donors (Lipinski definition) is 1. The number of carbonyl (C=O) groups is 3. The van der Waals surface area contributed by atoms with Gasteiger partial charge in [-0.1, -0.05) is 48.7 Å². The molecule has 1 saturated heterocycles. The van der Waals surface area contributed by atoms with E-state index in [9.17, 15) is 14.4 Å². The Morgan fingerprint density at radius 2 is 1.90 bits per heavy atom. The van der Waals surface area contributed by atoms with Crippen LogP contribution in [0.15, 0.2) is 48.5 Å². The predicted octanol–water partition coefficient (Wildman–Crippen LogP) is 3.68. The third-order valence-electron chi connectivity index (χ3n) is 6.15. The van der Waals surface area contributed by atoms with Crippen molar-refractivity contribution in [1.29, 1.82) is 0 Å². The van der Waals surface area contributed by atoms with Crippen molar-refractivity contribution in [3.05, 3.63) is 59.1 Å². The minimum absolute atomic E-state index is 0.0633. The Morgan fingerprint density at radius 3 is 2.68 bits per heavy atom. The maximum Gasteiger partial charge on any atom is 0.269 e. The molecule has 3 amide bonds. The van der Waals surface area contributed by atoms with Crippen molar-refractivity contribution >= 4 is 52.5 Å². The molecule has 1 spiro atoms. The van der Waals surface area contributed by atoms with Crippen molar-refractivity contribution in [1.82, 2.24) is 5.32 Å². The van der Waals surface area contributed by atoms with Gasteiger partial charge in [0.2, 0.25) is 16.7 Å². The Labute approximate surface area is 189 Å². The number of thioether (sulfide) groups is 1. The quantitative estimate of drug-likeness (QED) is 0.763. The standard InChI is InChI=1S/C23H22ClN3O3S/c24-15-6-5-9-17(12-15)27-21(29)14-31-23(27)18-10-3-4-11-19(18)26(22(23)30)13-20(28)25-16-7-1-2-8-16/h3-6,9-12,16H,1-2,7-8,13-14H2,(H,25,28)/t23-/m1/s1. The lowest BCUT2D eigenvalue weighted by Crippen LogP contribution is -2.51. The second-order valence-corrected chi connectivity index (χ2v) is 9.70. The summed E-state index contributed by atoms with van der Waals surface area (Å²) < 4.78 is 0. The van der Waals surface area contributed by atoms with E-state index in [0.717, 1.165) is 31.2 Å². The summed E-state index contributed by atoms with van der Waals surface area (Å²) in [5, 5.41) is 3.55. The van der Waals surface area contributed by atoms with Crippen LogP contribution in [0.4, 0.5) is 11.4 Å². The molecule has 6 nitrogen and oxygen atoms in total. The van der Waals surface area contributed by atoms with Crippen LogP contribution in [-0.4, -0.2) is 36.1 Å². The third kappa shape index (κ3) is 3.31. The number of carbonyl (C=O) groups excluding carboxylic acids is 3. The van der Waals surface area contributed by atoms with Gasteiger partial charge >= 0.3 is 0 Å². The minimum Gasteiger partial charge on any atom is -0.352 e. The molecule has 8 heteroatoms. The summed E-state index contributed by atoms with van der Waals surface area (Å²) in [6.07, 6.45) is 4.19. The number of anilines is 2. The Kier molecular flexibility index (Phi) is 5.18. The van der Waals surface area contributed by atoms with E-state index in [0.29, 0.717) is 16.4 Å². The fraction of sp³-hybridized carbons (Fsp3) is 0.348. The summed E-state index contributed by atoms with van der Waals surface area (Å²) in [6.45, 7) is -0.0633. The molecule has 3 aliphatic rings. The van der Waals surface area contributed by atoms with Gasteiger partial charge in [-0.05, 0) is 37.1 Å². The molecular formula is C23H22ClN3O3S. The number of para-hydroxylation sites is 1. The number of amides is 3. The van der Waals surface area contributed by atoms with Gasteiger partial charge in [-0.2, -0.15) is 0 Å². The predicted molar refractivity (Wildman–Crippen MR) is 122 cm³/mol. The zero-order valence-electron chi connectivity index (χ0n) is 16.8. The number of nitrogens with zero attached hydrogens (tertiary/aromatic N) is 2. The van der Waals surface area contributed by atoms with Gasteiger partial charge < -0.3 is 5.32 Å². The molecule has 5 rings (SSSR count). The monoisotopic (exact) mass is 455 g/mol. The fourth-order valence-corrected chi connectivity index (χ4v) is 6.36. The topological polar surface area (TPSA) is 69.7 Å². The molecule has 0 bridgehead atoms. The fourth-order valence-electron chi connectivity index (χ4n) is 4.81. The van der Waals surface area contributed by atoms with E-state index >= 15 is 0 Å². The van der Waals surface area contributed by atoms with Crippen LogP contribution in [0.1, 0.15) is 31.2 Å². The van der Waals surface area contributed by atoms with Crippen molar-refractivity contribution in [3.8, 4) is 0 Å². The Hall–Kier alpha value is -2.51. The normalized spacial score (nSPS) is 23.1. The molecule has 31 heavy (non-hydrogen) atoms. The van der Waals surface area contributed by atoms with Gasteiger partial charge in [0.1, 0.15) is 6.54 Å². The van der Waals surface area contributed by atoms with Crippen molar-refractivity contribution in [2.45, 2.75) is 36.6 Å². The first-order valence-corrected chi connectivity index (χ1v) is 11.8. The van der Waals surface area contributed by atoms with Crippen LogP contribution in [0, 0.1) is 0 Å². The van der Waals surface area contributed by atoms with Gasteiger partial charge in [0.05, 0.1) is 11.4 Å². The highest BCUT2D eigenvalue weighted by molar-refractivity contribution is 8.02. The van der Waals surface area contributed by atoms with Gasteiger partial charge in [0.15, 0.2) is 0 Å². The molecular weight excluding hydrogens is 434 g/mol. The number of rotatable bonds is 4. The van der Waals surface area contributed by atoms with E-state index in [1.54, 1.807) is 29.2 Å². The van der Waals surface area contributed by atoms with Gasteiger partial charge in [-0.3, -0.25) is 24.2 Å². The molecule has 1 saturated carbocycles. The lowest BCUT2D eigenvalue weighted by molar-refractivity contribution is -0.126. The van der Waals surface area contributed by atoms with Crippen molar-refractivity contribution in [2.75, 3.05) is 22.1 Å². The minimum atomic E-state index is -1.23. The Bertz CT molecular complexity index is 1070. The van der Waals surface area contributed by atoms with Crippen LogP contribution in [-0.2, 0) is 19.3 Å². The average Bonchev–Trinajstić information content (AvgIpc) is 3.44. The Morgan fingerprint density at radius 1 is 1.13 bits per heavy atom. The second kappa shape index (κ2) is 7.88. The summed E-state index contributed by atoms with van der Waals surface area (Å²) in [4.78, 5) is 41.4. The molecule has 1 aliphatic carbocycles. The van der Waals surface area contributed by atoms with E-state index < -0.39 is 4.87 Å². The maximum atomic E-state index is 13.9. The van der Waals surface area contributed by atoms with E-state index in [2.05, 4.69) is 5.32 Å². The first-order chi connectivity index (χ1) is 15.0. The molecule has 0 unspecified atom stereocenters. The number of fused-ring (bicyclic) bond motifs is 2. The molecule has 160 valence electrons. The van der Waals surface area contributed by atoms with Gasteiger partial charge in [0, 0.05) is 22.3 Å². The molecule has 2 fully saturated rings. The highest BCUT2D eigenvalue weighted by atomic mass is 35.5. The smallest absolute Gasteiger partial charge is 0.269 e. The molecule has 1 atom stereocenters. The summed E-state index contributed by atoms with van der Waals surface area (Å²) in [6, 6.07) is 14.6. The van der Waals surface area contributed by atoms with Crippen LogP contribution in [0.5, 0.6) is 0 Å². The van der Waals surface area contributed by atoms with Crippen LogP contribution in [0.2, 0.25) is 5.02 Å². The van der Waals surface area contributed by atoms with Gasteiger partial charge in [-0.15, -0.1) is 11.8 Å². The molecule has 0 radical (unpaired) electrons. The van der Waals surface area contributed by atoms with Crippen LogP contribution < -0.4 is 15.1 Å².